The standard InChI is InChI=1S/C23H34N2O4/c1-4-6-8-9-12-16-29-19-15-11-10-13-17(19)21-20(22(26)28-3)18(14-7-5-2)24-23(27)25-21/h10-11,13,15,21H,4-9,12,14,16H2,1-3H3,(H2,24,25,27). The van der Waals surface area contributed by atoms with Crippen LogP contribution in [0.15, 0.2) is 35.5 Å². The minimum atomic E-state index is -0.598. The van der Waals surface area contributed by atoms with Crippen LogP contribution in [0.1, 0.15) is 76.8 Å². The molecule has 1 aliphatic heterocycles. The van der Waals surface area contributed by atoms with Crippen molar-refractivity contribution < 1.29 is 19.1 Å². The van der Waals surface area contributed by atoms with E-state index in [4.69, 9.17) is 9.47 Å². The third-order valence-electron chi connectivity index (χ3n) is 5.07. The van der Waals surface area contributed by atoms with Crippen LogP contribution in [0.5, 0.6) is 5.75 Å². The Labute approximate surface area is 174 Å². The zero-order valence-electron chi connectivity index (χ0n) is 17.9. The molecule has 0 bridgehead atoms. The summed E-state index contributed by atoms with van der Waals surface area (Å²) in [4.78, 5) is 24.9. The van der Waals surface area contributed by atoms with Gasteiger partial charge < -0.3 is 20.1 Å². The maximum absolute atomic E-state index is 12.6. The van der Waals surface area contributed by atoms with Gasteiger partial charge in [0.25, 0.3) is 0 Å². The summed E-state index contributed by atoms with van der Waals surface area (Å²) in [6, 6.07) is 6.65. The van der Waals surface area contributed by atoms with Gasteiger partial charge in [-0.25, -0.2) is 9.59 Å². The highest BCUT2D eigenvalue weighted by atomic mass is 16.5. The Morgan fingerprint density at radius 3 is 2.48 bits per heavy atom. The van der Waals surface area contributed by atoms with Gasteiger partial charge in [-0.1, -0.05) is 64.2 Å². The molecule has 6 nitrogen and oxygen atoms in total. The summed E-state index contributed by atoms with van der Waals surface area (Å²) in [5.41, 5.74) is 1.84. The van der Waals surface area contributed by atoms with Crippen molar-refractivity contribution in [2.24, 2.45) is 0 Å². The van der Waals surface area contributed by atoms with Crippen molar-refractivity contribution in [1.82, 2.24) is 10.6 Å². The number of hydrogen-bond acceptors (Lipinski definition) is 4. The smallest absolute Gasteiger partial charge is 0.337 e. The summed E-state index contributed by atoms with van der Waals surface area (Å²) in [6.07, 6.45) is 8.23. The molecule has 1 aromatic carbocycles. The van der Waals surface area contributed by atoms with Crippen LogP contribution in [-0.2, 0) is 9.53 Å². The number of methoxy groups -OCH3 is 1. The van der Waals surface area contributed by atoms with Crippen LogP contribution in [0.4, 0.5) is 4.79 Å². The molecule has 1 aromatic rings. The molecular weight excluding hydrogens is 368 g/mol. The first-order chi connectivity index (χ1) is 14.1. The van der Waals surface area contributed by atoms with E-state index in [1.165, 1.54) is 26.4 Å². The second-order valence-electron chi connectivity index (χ2n) is 7.32. The second kappa shape index (κ2) is 12.1. The monoisotopic (exact) mass is 402 g/mol. The minimum Gasteiger partial charge on any atom is -0.493 e. The van der Waals surface area contributed by atoms with Gasteiger partial charge in [-0.3, -0.25) is 0 Å². The topological polar surface area (TPSA) is 76.7 Å². The Bertz CT molecular complexity index is 715. The van der Waals surface area contributed by atoms with Crippen molar-refractivity contribution in [3.8, 4) is 5.75 Å². The Morgan fingerprint density at radius 1 is 1.03 bits per heavy atom. The van der Waals surface area contributed by atoms with Gasteiger partial charge in [-0.15, -0.1) is 0 Å². The van der Waals surface area contributed by atoms with Crippen molar-refractivity contribution in [3.63, 3.8) is 0 Å². The van der Waals surface area contributed by atoms with Gasteiger partial charge in [0.15, 0.2) is 0 Å². The highest BCUT2D eigenvalue weighted by molar-refractivity contribution is 5.95. The summed E-state index contributed by atoms with van der Waals surface area (Å²) < 4.78 is 11.1. The number of benzene rings is 1. The van der Waals surface area contributed by atoms with Gasteiger partial charge in [-0.2, -0.15) is 0 Å². The van der Waals surface area contributed by atoms with Crippen LogP contribution in [0.2, 0.25) is 0 Å². The van der Waals surface area contributed by atoms with Crippen molar-refractivity contribution in [1.29, 1.82) is 0 Å². The largest absolute Gasteiger partial charge is 0.493 e. The molecule has 29 heavy (non-hydrogen) atoms. The number of rotatable bonds is 12. The molecule has 1 atom stereocenters. The van der Waals surface area contributed by atoms with Crippen LogP contribution in [0, 0.1) is 0 Å². The lowest BCUT2D eigenvalue weighted by Gasteiger charge is -2.30. The fourth-order valence-electron chi connectivity index (χ4n) is 3.49. The molecule has 1 heterocycles. The van der Waals surface area contributed by atoms with E-state index < -0.39 is 12.0 Å². The molecular formula is C23H34N2O4. The number of carbonyl (C=O) groups is 2. The van der Waals surface area contributed by atoms with E-state index in [0.717, 1.165) is 31.2 Å². The lowest BCUT2D eigenvalue weighted by Crippen LogP contribution is -2.46. The average Bonchev–Trinajstić information content (AvgIpc) is 2.74. The Morgan fingerprint density at radius 2 is 1.76 bits per heavy atom. The third kappa shape index (κ3) is 6.51. The van der Waals surface area contributed by atoms with E-state index >= 15 is 0 Å². The summed E-state index contributed by atoms with van der Waals surface area (Å²) >= 11 is 0. The van der Waals surface area contributed by atoms with Crippen LogP contribution in [0.25, 0.3) is 0 Å². The zero-order valence-corrected chi connectivity index (χ0v) is 17.9. The third-order valence-corrected chi connectivity index (χ3v) is 5.07. The fourth-order valence-corrected chi connectivity index (χ4v) is 3.49. The molecule has 0 saturated heterocycles. The van der Waals surface area contributed by atoms with E-state index in [0.29, 0.717) is 30.0 Å². The van der Waals surface area contributed by atoms with Gasteiger partial charge in [0.2, 0.25) is 0 Å². The predicted molar refractivity (Wildman–Crippen MR) is 114 cm³/mol. The van der Waals surface area contributed by atoms with Gasteiger partial charge in [0.05, 0.1) is 25.3 Å². The summed E-state index contributed by atoms with van der Waals surface area (Å²) in [5, 5.41) is 5.67. The normalized spacial score (nSPS) is 16.2. The average molecular weight is 403 g/mol. The maximum Gasteiger partial charge on any atom is 0.337 e. The number of nitrogens with one attached hydrogen (secondary N) is 2. The quantitative estimate of drug-likeness (QED) is 0.381. The first-order valence-electron chi connectivity index (χ1n) is 10.7. The Hall–Kier alpha value is -2.50. The number of unbranched alkanes of at least 4 members (excludes halogenated alkanes) is 5. The second-order valence-corrected chi connectivity index (χ2v) is 7.32. The molecule has 1 unspecified atom stereocenters. The maximum atomic E-state index is 12.6. The van der Waals surface area contributed by atoms with E-state index in [1.54, 1.807) is 0 Å². The summed E-state index contributed by atoms with van der Waals surface area (Å²) in [5.74, 6) is 0.245. The van der Waals surface area contributed by atoms with Crippen LogP contribution < -0.4 is 15.4 Å². The Kier molecular flexibility index (Phi) is 9.54. The highest BCUT2D eigenvalue weighted by Gasteiger charge is 2.34. The SMILES string of the molecule is CCCCCCCOc1ccccc1C1NC(=O)NC(CCCC)=C1C(=O)OC. The van der Waals surface area contributed by atoms with Crippen molar-refractivity contribution in [2.75, 3.05) is 13.7 Å². The van der Waals surface area contributed by atoms with E-state index in [9.17, 15) is 9.59 Å². The number of urea groups is 1. The first-order valence-corrected chi connectivity index (χ1v) is 10.7. The van der Waals surface area contributed by atoms with Crippen LogP contribution >= 0.6 is 0 Å². The molecule has 0 aliphatic carbocycles. The zero-order chi connectivity index (χ0) is 21.1. The number of hydrogen-bond donors (Lipinski definition) is 2. The number of allylic oxidation sites excluding steroid dienone is 1. The summed E-state index contributed by atoms with van der Waals surface area (Å²) in [7, 11) is 1.36. The number of ether oxygens (including phenoxy) is 2. The van der Waals surface area contributed by atoms with E-state index in [-0.39, 0.29) is 6.03 Å². The molecule has 2 N–H and O–H groups in total. The van der Waals surface area contributed by atoms with Crippen molar-refractivity contribution >= 4 is 12.0 Å². The molecule has 2 amide bonds. The number of carbonyl (C=O) groups excluding carboxylic acids is 2. The minimum absolute atomic E-state index is 0.317. The number of para-hydroxylation sites is 1. The van der Waals surface area contributed by atoms with Gasteiger partial charge >= 0.3 is 12.0 Å². The van der Waals surface area contributed by atoms with Crippen LogP contribution in [0.3, 0.4) is 0 Å². The molecule has 160 valence electrons. The van der Waals surface area contributed by atoms with Gasteiger partial charge in [-0.05, 0) is 25.3 Å². The van der Waals surface area contributed by atoms with Gasteiger partial charge in [0.1, 0.15) is 5.75 Å². The highest BCUT2D eigenvalue weighted by Crippen LogP contribution is 2.34. The molecule has 0 aromatic heterocycles. The Balaban J connectivity index is 2.25. The number of amides is 2. The molecule has 0 saturated carbocycles. The molecule has 6 heteroatoms. The lowest BCUT2D eigenvalue weighted by atomic mass is 9.93. The van der Waals surface area contributed by atoms with Gasteiger partial charge in [0, 0.05) is 11.3 Å². The van der Waals surface area contributed by atoms with Crippen LogP contribution in [-0.4, -0.2) is 25.7 Å². The number of esters is 1. The molecule has 0 spiro atoms. The first kappa shape index (κ1) is 22.8. The fraction of sp³-hybridized carbons (Fsp3) is 0.565. The predicted octanol–water partition coefficient (Wildman–Crippen LogP) is 5.01. The molecule has 0 fully saturated rings. The van der Waals surface area contributed by atoms with E-state index in [1.807, 2.05) is 24.3 Å². The van der Waals surface area contributed by atoms with Crippen molar-refractivity contribution in [3.05, 3.63) is 41.1 Å². The lowest BCUT2D eigenvalue weighted by molar-refractivity contribution is -0.136. The molecule has 1 aliphatic rings. The molecule has 2 rings (SSSR count). The van der Waals surface area contributed by atoms with Crippen molar-refractivity contribution in [2.45, 2.75) is 71.3 Å². The molecule has 0 radical (unpaired) electrons. The van der Waals surface area contributed by atoms with E-state index in [2.05, 4.69) is 24.5 Å². The summed E-state index contributed by atoms with van der Waals surface area (Å²) in [6.45, 7) is 4.88.